The summed E-state index contributed by atoms with van der Waals surface area (Å²) in [6.07, 6.45) is 3.43. The zero-order chi connectivity index (χ0) is 17.3. The highest BCUT2D eigenvalue weighted by molar-refractivity contribution is 9.10. The van der Waals surface area contributed by atoms with Crippen molar-refractivity contribution in [3.05, 3.63) is 63.9 Å². The summed E-state index contributed by atoms with van der Waals surface area (Å²) in [5.41, 5.74) is 1.44. The zero-order valence-electron chi connectivity index (χ0n) is 13.2. The van der Waals surface area contributed by atoms with Gasteiger partial charge in [0.1, 0.15) is 5.69 Å². The van der Waals surface area contributed by atoms with Crippen molar-refractivity contribution in [1.29, 1.82) is 0 Å². The van der Waals surface area contributed by atoms with Crippen LogP contribution in [-0.4, -0.2) is 40.5 Å². The van der Waals surface area contributed by atoms with Gasteiger partial charge in [-0.25, -0.2) is 4.79 Å². The van der Waals surface area contributed by atoms with Gasteiger partial charge in [0.15, 0.2) is 0 Å². The van der Waals surface area contributed by atoms with Crippen LogP contribution in [0.5, 0.6) is 0 Å². The van der Waals surface area contributed by atoms with Crippen molar-refractivity contribution >= 4 is 27.8 Å². The molecule has 0 saturated heterocycles. The molecule has 0 unspecified atom stereocenters. The molecule has 0 spiro atoms. The van der Waals surface area contributed by atoms with E-state index in [1.54, 1.807) is 11.9 Å². The van der Waals surface area contributed by atoms with E-state index in [4.69, 9.17) is 5.11 Å². The van der Waals surface area contributed by atoms with Gasteiger partial charge in [0, 0.05) is 29.7 Å². The van der Waals surface area contributed by atoms with E-state index in [2.05, 4.69) is 33.0 Å². The number of aromatic nitrogens is 1. The van der Waals surface area contributed by atoms with Crippen LogP contribution in [-0.2, 0) is 5.41 Å². The van der Waals surface area contributed by atoms with E-state index in [1.807, 2.05) is 12.1 Å². The minimum atomic E-state index is -1.07. The van der Waals surface area contributed by atoms with Crippen molar-refractivity contribution in [2.24, 2.45) is 0 Å². The normalized spacial score (nSPS) is 14.9. The summed E-state index contributed by atoms with van der Waals surface area (Å²) < 4.78 is 1.03. The molecule has 0 radical (unpaired) electrons. The Morgan fingerprint density at radius 3 is 2.50 bits per heavy atom. The predicted octanol–water partition coefficient (Wildman–Crippen LogP) is 3.35. The van der Waals surface area contributed by atoms with Crippen LogP contribution in [0.4, 0.5) is 0 Å². The van der Waals surface area contributed by atoms with Crippen molar-refractivity contribution in [3.63, 3.8) is 0 Å². The van der Waals surface area contributed by atoms with E-state index in [-0.39, 0.29) is 22.6 Å². The van der Waals surface area contributed by atoms with Crippen LogP contribution in [0.2, 0.25) is 0 Å². The summed E-state index contributed by atoms with van der Waals surface area (Å²) in [5.74, 6) is -1.33. The second kappa shape index (κ2) is 6.36. The number of amides is 1. The molecule has 1 aliphatic rings. The van der Waals surface area contributed by atoms with Gasteiger partial charge in [-0.2, -0.15) is 0 Å². The third-order valence-corrected chi connectivity index (χ3v) is 4.95. The van der Waals surface area contributed by atoms with E-state index in [9.17, 15) is 9.59 Å². The van der Waals surface area contributed by atoms with E-state index >= 15 is 0 Å². The molecule has 6 heteroatoms. The van der Waals surface area contributed by atoms with E-state index in [1.165, 1.54) is 23.9 Å². The van der Waals surface area contributed by atoms with Crippen LogP contribution in [0.1, 0.15) is 39.3 Å². The topological polar surface area (TPSA) is 70.5 Å². The lowest BCUT2D eigenvalue weighted by Gasteiger charge is -2.24. The fraction of sp³-hybridized carbons (Fsp3) is 0.278. The van der Waals surface area contributed by atoms with Crippen LogP contribution in [0.15, 0.2) is 47.1 Å². The first-order chi connectivity index (χ1) is 11.4. The average Bonchev–Trinajstić information content (AvgIpc) is 3.35. The molecule has 3 rings (SSSR count). The number of carbonyl (C=O) groups excluding carboxylic acids is 1. The van der Waals surface area contributed by atoms with Crippen LogP contribution < -0.4 is 0 Å². The molecular weight excluding hydrogens is 372 g/mol. The minimum Gasteiger partial charge on any atom is -0.478 e. The number of carboxylic acid groups (broad SMARTS) is 1. The molecule has 2 aromatic rings. The molecule has 1 saturated carbocycles. The Bertz CT molecular complexity index is 785. The summed E-state index contributed by atoms with van der Waals surface area (Å²) in [6, 6.07) is 10.9. The van der Waals surface area contributed by atoms with E-state index < -0.39 is 5.97 Å². The van der Waals surface area contributed by atoms with Crippen LogP contribution in [0.25, 0.3) is 0 Å². The van der Waals surface area contributed by atoms with Crippen molar-refractivity contribution in [3.8, 4) is 0 Å². The summed E-state index contributed by atoms with van der Waals surface area (Å²) >= 11 is 3.43. The Labute approximate surface area is 148 Å². The van der Waals surface area contributed by atoms with Gasteiger partial charge < -0.3 is 10.0 Å². The summed E-state index contributed by atoms with van der Waals surface area (Å²) in [4.78, 5) is 29.3. The Morgan fingerprint density at radius 1 is 1.25 bits per heavy atom. The van der Waals surface area contributed by atoms with Gasteiger partial charge in [-0.05, 0) is 42.7 Å². The zero-order valence-corrected chi connectivity index (χ0v) is 14.8. The predicted molar refractivity (Wildman–Crippen MR) is 93.2 cm³/mol. The number of halogens is 1. The number of aromatic carboxylic acids is 1. The van der Waals surface area contributed by atoms with Crippen molar-refractivity contribution in [1.82, 2.24) is 9.88 Å². The minimum absolute atomic E-state index is 0.00445. The fourth-order valence-electron chi connectivity index (χ4n) is 2.89. The average molecular weight is 389 g/mol. The highest BCUT2D eigenvalue weighted by Gasteiger charge is 2.45. The molecule has 0 bridgehead atoms. The molecule has 1 N–H and O–H groups in total. The summed E-state index contributed by atoms with van der Waals surface area (Å²) in [5, 5.41) is 9.04. The Balaban J connectivity index is 1.76. The smallest absolute Gasteiger partial charge is 0.335 e. The van der Waals surface area contributed by atoms with Gasteiger partial charge in [0.25, 0.3) is 5.91 Å². The van der Waals surface area contributed by atoms with Crippen LogP contribution >= 0.6 is 15.9 Å². The van der Waals surface area contributed by atoms with Gasteiger partial charge in [-0.3, -0.25) is 9.78 Å². The molecule has 1 fully saturated rings. The van der Waals surface area contributed by atoms with Crippen LogP contribution in [0, 0.1) is 0 Å². The molecule has 1 aliphatic carbocycles. The first-order valence-electron chi connectivity index (χ1n) is 7.62. The highest BCUT2D eigenvalue weighted by atomic mass is 79.9. The maximum atomic E-state index is 12.6. The van der Waals surface area contributed by atoms with Gasteiger partial charge >= 0.3 is 5.97 Å². The van der Waals surface area contributed by atoms with Crippen molar-refractivity contribution in [2.45, 2.75) is 18.3 Å². The van der Waals surface area contributed by atoms with Crippen molar-refractivity contribution < 1.29 is 14.7 Å². The number of hydrogen-bond donors (Lipinski definition) is 1. The largest absolute Gasteiger partial charge is 0.478 e. The lowest BCUT2D eigenvalue weighted by atomic mass is 9.95. The molecule has 5 nitrogen and oxygen atoms in total. The maximum absolute atomic E-state index is 12.6. The summed E-state index contributed by atoms with van der Waals surface area (Å²) in [7, 11) is 1.73. The lowest BCUT2D eigenvalue weighted by molar-refractivity contribution is 0.0696. The molecule has 0 aliphatic heterocycles. The molecule has 124 valence electrons. The van der Waals surface area contributed by atoms with Gasteiger partial charge in [-0.1, -0.05) is 28.1 Å². The SMILES string of the molecule is CN(CC1(c2ccc(Br)cc2)CC1)C(=O)c1cc(C(=O)O)ccn1. The Kier molecular flexibility index (Phi) is 4.41. The monoisotopic (exact) mass is 388 g/mol. The van der Waals surface area contributed by atoms with Gasteiger partial charge in [0.2, 0.25) is 0 Å². The number of likely N-dealkylation sites (N-methyl/N-ethyl adjacent to an activating group) is 1. The van der Waals surface area contributed by atoms with E-state index in [0.29, 0.717) is 6.54 Å². The number of hydrogen-bond acceptors (Lipinski definition) is 3. The molecule has 0 atom stereocenters. The molecule has 1 aromatic heterocycles. The molecule has 1 amide bonds. The second-order valence-electron chi connectivity index (χ2n) is 6.18. The molecule has 24 heavy (non-hydrogen) atoms. The maximum Gasteiger partial charge on any atom is 0.335 e. The van der Waals surface area contributed by atoms with Gasteiger partial charge in [-0.15, -0.1) is 0 Å². The third-order valence-electron chi connectivity index (χ3n) is 4.42. The fourth-order valence-corrected chi connectivity index (χ4v) is 3.16. The lowest BCUT2D eigenvalue weighted by Crippen LogP contribution is -2.35. The van der Waals surface area contributed by atoms with Crippen LogP contribution in [0.3, 0.4) is 0 Å². The second-order valence-corrected chi connectivity index (χ2v) is 7.10. The quantitative estimate of drug-likeness (QED) is 0.852. The number of benzene rings is 1. The highest BCUT2D eigenvalue weighted by Crippen LogP contribution is 2.48. The van der Waals surface area contributed by atoms with Crippen molar-refractivity contribution in [2.75, 3.05) is 13.6 Å². The first kappa shape index (κ1) is 16.6. The number of rotatable bonds is 5. The standard InChI is InChI=1S/C18H17BrN2O3/c1-21(16(22)15-10-12(17(23)24)6-9-20-15)11-18(7-8-18)13-2-4-14(19)5-3-13/h2-6,9-10H,7-8,11H2,1H3,(H,23,24). The number of pyridine rings is 1. The number of carboxylic acids is 1. The first-order valence-corrected chi connectivity index (χ1v) is 8.41. The Hall–Kier alpha value is -2.21. The molecular formula is C18H17BrN2O3. The number of nitrogens with zero attached hydrogens (tertiary/aromatic N) is 2. The summed E-state index contributed by atoms with van der Waals surface area (Å²) in [6.45, 7) is 0.590. The Morgan fingerprint density at radius 2 is 1.92 bits per heavy atom. The molecule has 1 heterocycles. The molecule has 1 aromatic carbocycles. The number of carbonyl (C=O) groups is 2. The third kappa shape index (κ3) is 3.33. The van der Waals surface area contributed by atoms with E-state index in [0.717, 1.165) is 17.3 Å². The van der Waals surface area contributed by atoms with Gasteiger partial charge in [0.05, 0.1) is 5.56 Å².